The lowest BCUT2D eigenvalue weighted by Crippen LogP contribution is -2.16. The summed E-state index contributed by atoms with van der Waals surface area (Å²) in [6.07, 6.45) is 4.04. The molecule has 0 N–H and O–H groups in total. The van der Waals surface area contributed by atoms with E-state index in [2.05, 4.69) is 0 Å². The lowest BCUT2D eigenvalue weighted by Gasteiger charge is -2.21. The summed E-state index contributed by atoms with van der Waals surface area (Å²) in [7, 11) is 0. The molecule has 1 saturated heterocycles. The highest BCUT2D eigenvalue weighted by molar-refractivity contribution is 5.07. The van der Waals surface area contributed by atoms with Gasteiger partial charge in [-0.25, -0.2) is 0 Å². The average Bonchev–Trinajstić information content (AvgIpc) is 2.58. The van der Waals surface area contributed by atoms with Crippen molar-refractivity contribution in [3.63, 3.8) is 0 Å². The van der Waals surface area contributed by atoms with Gasteiger partial charge in [-0.15, -0.1) is 0 Å². The van der Waals surface area contributed by atoms with Gasteiger partial charge in [0, 0.05) is 5.56 Å². The molecule has 1 aliphatic heterocycles. The van der Waals surface area contributed by atoms with E-state index < -0.39 is 0 Å². The number of ether oxygens (including phenoxy) is 2. The van der Waals surface area contributed by atoms with E-state index >= 15 is 0 Å². The smallest absolute Gasteiger partial charge is 0.186 e. The van der Waals surface area contributed by atoms with E-state index in [0.717, 1.165) is 25.2 Å². The van der Waals surface area contributed by atoms with Crippen LogP contribution in [0, 0.1) is 0 Å². The van der Waals surface area contributed by atoms with Gasteiger partial charge in [0.05, 0.1) is 25.7 Å². The van der Waals surface area contributed by atoms with Crippen molar-refractivity contribution in [1.82, 2.24) is 0 Å². The van der Waals surface area contributed by atoms with Gasteiger partial charge in [-0.2, -0.15) is 0 Å². The van der Waals surface area contributed by atoms with E-state index in [1.165, 1.54) is 0 Å². The summed E-state index contributed by atoms with van der Waals surface area (Å²) in [5, 5.41) is 0. The molecule has 0 bridgehead atoms. The molecule has 3 nitrogen and oxygen atoms in total. The van der Waals surface area contributed by atoms with E-state index in [1.54, 1.807) is 12.5 Å². The van der Waals surface area contributed by atoms with Crippen LogP contribution in [-0.4, -0.2) is 13.2 Å². The average molecular weight is 154 g/mol. The first-order valence-electron chi connectivity index (χ1n) is 3.72. The molecule has 2 heterocycles. The van der Waals surface area contributed by atoms with Crippen molar-refractivity contribution in [2.75, 3.05) is 13.2 Å². The second kappa shape index (κ2) is 3.07. The molecule has 0 unspecified atom stereocenters. The zero-order chi connectivity index (χ0) is 7.52. The molecule has 60 valence electrons. The van der Waals surface area contributed by atoms with Gasteiger partial charge in [0.1, 0.15) is 0 Å². The minimum absolute atomic E-state index is 0.206. The largest absolute Gasteiger partial charge is 0.472 e. The lowest BCUT2D eigenvalue weighted by atomic mass is 10.3. The van der Waals surface area contributed by atoms with Gasteiger partial charge in [0.2, 0.25) is 0 Å². The number of rotatable bonds is 1. The molecule has 0 aliphatic carbocycles. The molecule has 3 heteroatoms. The predicted molar refractivity (Wildman–Crippen MR) is 38.0 cm³/mol. The normalized spacial score (nSPS) is 20.4. The maximum absolute atomic E-state index is 5.34. The van der Waals surface area contributed by atoms with Gasteiger partial charge in [-0.1, -0.05) is 0 Å². The molecule has 0 spiro atoms. The van der Waals surface area contributed by atoms with Crippen molar-refractivity contribution in [3.05, 3.63) is 24.2 Å². The SMILES string of the molecule is c1cc(C2OCCCO2)co1. The summed E-state index contributed by atoms with van der Waals surface area (Å²) < 4.78 is 15.6. The first-order valence-corrected chi connectivity index (χ1v) is 3.72. The van der Waals surface area contributed by atoms with Crippen molar-refractivity contribution in [3.8, 4) is 0 Å². The summed E-state index contributed by atoms with van der Waals surface area (Å²) in [4.78, 5) is 0. The van der Waals surface area contributed by atoms with Crippen LogP contribution < -0.4 is 0 Å². The van der Waals surface area contributed by atoms with Gasteiger partial charge in [-0.05, 0) is 12.5 Å². The van der Waals surface area contributed by atoms with E-state index in [9.17, 15) is 0 Å². The maximum atomic E-state index is 5.34. The quantitative estimate of drug-likeness (QED) is 0.617. The van der Waals surface area contributed by atoms with Crippen molar-refractivity contribution < 1.29 is 13.9 Å². The van der Waals surface area contributed by atoms with Gasteiger partial charge >= 0.3 is 0 Å². The molecule has 0 amide bonds. The van der Waals surface area contributed by atoms with Gasteiger partial charge in [-0.3, -0.25) is 0 Å². The van der Waals surface area contributed by atoms with E-state index in [1.807, 2.05) is 6.07 Å². The molecular weight excluding hydrogens is 144 g/mol. The summed E-state index contributed by atoms with van der Waals surface area (Å²) in [6, 6.07) is 1.86. The third kappa shape index (κ3) is 1.44. The predicted octanol–water partition coefficient (Wildman–Crippen LogP) is 1.72. The fraction of sp³-hybridized carbons (Fsp3) is 0.500. The topological polar surface area (TPSA) is 31.6 Å². The Hall–Kier alpha value is -0.800. The van der Waals surface area contributed by atoms with Gasteiger partial charge in [0.15, 0.2) is 6.29 Å². The van der Waals surface area contributed by atoms with Crippen LogP contribution in [0.15, 0.2) is 23.0 Å². The van der Waals surface area contributed by atoms with Crippen LogP contribution in [0.2, 0.25) is 0 Å². The fourth-order valence-electron chi connectivity index (χ4n) is 1.09. The molecule has 1 fully saturated rings. The van der Waals surface area contributed by atoms with Crippen LogP contribution in [-0.2, 0) is 9.47 Å². The highest BCUT2D eigenvalue weighted by atomic mass is 16.7. The molecule has 2 rings (SSSR count). The summed E-state index contributed by atoms with van der Waals surface area (Å²) in [6.45, 7) is 1.55. The van der Waals surface area contributed by atoms with Crippen molar-refractivity contribution in [2.24, 2.45) is 0 Å². The van der Waals surface area contributed by atoms with Gasteiger partial charge < -0.3 is 13.9 Å². The van der Waals surface area contributed by atoms with E-state index in [-0.39, 0.29) is 6.29 Å². The molecular formula is C8H10O3. The van der Waals surface area contributed by atoms with Gasteiger partial charge in [0.25, 0.3) is 0 Å². The lowest BCUT2D eigenvalue weighted by molar-refractivity contribution is -0.183. The summed E-state index contributed by atoms with van der Waals surface area (Å²) >= 11 is 0. The second-order valence-electron chi connectivity index (χ2n) is 2.48. The van der Waals surface area contributed by atoms with Crippen LogP contribution in [0.25, 0.3) is 0 Å². The molecule has 0 saturated carbocycles. The molecule has 0 radical (unpaired) electrons. The zero-order valence-electron chi connectivity index (χ0n) is 6.16. The van der Waals surface area contributed by atoms with Crippen LogP contribution in [0.4, 0.5) is 0 Å². The first kappa shape index (κ1) is 6.88. The molecule has 11 heavy (non-hydrogen) atoms. The van der Waals surface area contributed by atoms with E-state index in [0.29, 0.717) is 0 Å². The Morgan fingerprint density at radius 3 is 2.73 bits per heavy atom. The van der Waals surface area contributed by atoms with E-state index in [4.69, 9.17) is 13.9 Å². The van der Waals surface area contributed by atoms with Crippen molar-refractivity contribution in [2.45, 2.75) is 12.7 Å². The Morgan fingerprint density at radius 1 is 1.27 bits per heavy atom. The van der Waals surface area contributed by atoms with Crippen molar-refractivity contribution >= 4 is 0 Å². The fourth-order valence-corrected chi connectivity index (χ4v) is 1.09. The Kier molecular flexibility index (Phi) is 1.92. The Balaban J connectivity index is 2.04. The van der Waals surface area contributed by atoms with Crippen molar-refractivity contribution in [1.29, 1.82) is 0 Å². The van der Waals surface area contributed by atoms with Crippen LogP contribution in [0.1, 0.15) is 18.3 Å². The number of furan rings is 1. The Labute approximate surface area is 64.9 Å². The highest BCUT2D eigenvalue weighted by Gasteiger charge is 2.16. The molecule has 0 atom stereocenters. The summed E-state index contributed by atoms with van der Waals surface area (Å²) in [5.74, 6) is 0. The second-order valence-corrected chi connectivity index (χ2v) is 2.48. The Morgan fingerprint density at radius 2 is 2.09 bits per heavy atom. The zero-order valence-corrected chi connectivity index (χ0v) is 6.16. The molecule has 1 aromatic heterocycles. The number of hydrogen-bond donors (Lipinski definition) is 0. The third-order valence-electron chi connectivity index (χ3n) is 1.64. The molecule has 0 aromatic carbocycles. The highest BCUT2D eigenvalue weighted by Crippen LogP contribution is 2.22. The third-order valence-corrected chi connectivity index (χ3v) is 1.64. The van der Waals surface area contributed by atoms with Crippen LogP contribution in [0.5, 0.6) is 0 Å². The molecule has 1 aliphatic rings. The number of hydrogen-bond acceptors (Lipinski definition) is 3. The molecule has 1 aromatic rings. The first-order chi connectivity index (χ1) is 5.47. The monoisotopic (exact) mass is 154 g/mol. The van der Waals surface area contributed by atoms with Crippen LogP contribution in [0.3, 0.4) is 0 Å². The van der Waals surface area contributed by atoms with Crippen LogP contribution >= 0.6 is 0 Å². The maximum Gasteiger partial charge on any atom is 0.186 e. The standard InChI is InChI=1S/C8H10O3/c1-3-10-8(11-4-1)7-2-5-9-6-7/h2,5-6,8H,1,3-4H2. The summed E-state index contributed by atoms with van der Waals surface area (Å²) in [5.41, 5.74) is 0.963. The minimum Gasteiger partial charge on any atom is -0.472 e. The Bertz CT molecular complexity index is 199. The minimum atomic E-state index is -0.206.